The van der Waals surface area contributed by atoms with Crippen molar-refractivity contribution in [3.8, 4) is 11.5 Å². The first-order chi connectivity index (χ1) is 21.7. The Morgan fingerprint density at radius 3 is 1.61 bits per heavy atom. The van der Waals surface area contributed by atoms with Gasteiger partial charge in [-0.3, -0.25) is 4.79 Å². The Morgan fingerprint density at radius 1 is 0.591 bits per heavy atom. The summed E-state index contributed by atoms with van der Waals surface area (Å²) in [6.45, 7) is 1.51. The molecule has 8 rings (SSSR count). The molecule has 0 fully saturated rings. The second kappa shape index (κ2) is 12.2. The highest BCUT2D eigenvalue weighted by Crippen LogP contribution is 2.51. The van der Waals surface area contributed by atoms with E-state index >= 15 is 0 Å². The molecular weight excluding hydrogens is 546 g/mol. The molecule has 3 aliphatic rings. The predicted molar refractivity (Wildman–Crippen MR) is 170 cm³/mol. The van der Waals surface area contributed by atoms with Gasteiger partial charge in [0.15, 0.2) is 17.1 Å². The van der Waals surface area contributed by atoms with Gasteiger partial charge in [-0.1, -0.05) is 127 Å². The molecule has 2 atom stereocenters. The van der Waals surface area contributed by atoms with Crippen LogP contribution in [0.1, 0.15) is 39.4 Å². The topological polar surface area (TPSA) is 48.0 Å². The Kier molecular flexibility index (Phi) is 7.70. The fourth-order valence-corrected chi connectivity index (χ4v) is 5.97. The average Bonchev–Trinajstić information content (AvgIpc) is 3.09. The monoisotopic (exact) mass is 579 g/mol. The van der Waals surface area contributed by atoms with Gasteiger partial charge in [0.05, 0.1) is 12.6 Å². The zero-order valence-electron chi connectivity index (χ0n) is 24.3. The molecule has 0 saturated carbocycles. The molecule has 0 N–H and O–H groups in total. The van der Waals surface area contributed by atoms with E-state index in [1.54, 1.807) is 0 Å². The Hall–Kier alpha value is -5.13. The Bertz CT molecular complexity index is 1760. The van der Waals surface area contributed by atoms with Gasteiger partial charge in [-0.05, 0) is 46.0 Å². The van der Waals surface area contributed by atoms with Gasteiger partial charge < -0.3 is 19.1 Å². The summed E-state index contributed by atoms with van der Waals surface area (Å²) >= 11 is 0. The second-order valence-electron chi connectivity index (χ2n) is 11.2. The molecule has 218 valence electrons. The van der Waals surface area contributed by atoms with E-state index in [4.69, 9.17) is 14.2 Å². The summed E-state index contributed by atoms with van der Waals surface area (Å²) in [6, 6.07) is 43.9. The summed E-state index contributed by atoms with van der Waals surface area (Å²) in [4.78, 5) is 16.4. The maximum Gasteiger partial charge on any atom is 0.264 e. The summed E-state index contributed by atoms with van der Waals surface area (Å²) in [6.07, 6.45) is 4.02. The first kappa shape index (κ1) is 27.7. The molecule has 2 heterocycles. The van der Waals surface area contributed by atoms with Gasteiger partial charge in [0.2, 0.25) is 0 Å². The summed E-state index contributed by atoms with van der Waals surface area (Å²) in [5.74, 6) is 1.13. The van der Waals surface area contributed by atoms with E-state index < -0.39 is 5.60 Å². The molecule has 0 saturated heterocycles. The molecule has 0 aromatic heterocycles. The largest absolute Gasteiger partial charge is 0.485 e. The zero-order chi connectivity index (χ0) is 29.8. The predicted octanol–water partition coefficient (Wildman–Crippen LogP) is 7.91. The van der Waals surface area contributed by atoms with Crippen LogP contribution in [0.15, 0.2) is 146 Å². The van der Waals surface area contributed by atoms with Crippen molar-refractivity contribution in [2.45, 2.75) is 38.0 Å². The van der Waals surface area contributed by atoms with E-state index in [9.17, 15) is 4.79 Å². The second-order valence-corrected chi connectivity index (χ2v) is 11.2. The van der Waals surface area contributed by atoms with Gasteiger partial charge in [-0.25, -0.2) is 0 Å². The van der Waals surface area contributed by atoms with Crippen molar-refractivity contribution in [2.75, 3.05) is 0 Å². The standard InChI is InChI=1S/C39H33NO4/c41-38-39(44-28-32-19-11-4-12-20-32)22-21-35(40(38)25-29-13-5-1-6-14-29)33-23-36(42-26-30-15-7-2-8-16-30)37(24-34(33)39)43-27-31-17-9-3-10-18-31/h1-24,35H,25-28H2/t35-,39-/m0/s1. The fraction of sp³-hybridized carbons (Fsp3) is 0.154. The van der Waals surface area contributed by atoms with Gasteiger partial charge in [-0.15, -0.1) is 0 Å². The smallest absolute Gasteiger partial charge is 0.264 e. The van der Waals surface area contributed by atoms with Gasteiger partial charge in [-0.2, -0.15) is 0 Å². The van der Waals surface area contributed by atoms with Crippen LogP contribution in [0.2, 0.25) is 0 Å². The van der Waals surface area contributed by atoms with Crippen molar-refractivity contribution in [2.24, 2.45) is 0 Å². The SMILES string of the molecule is O=C1N(Cc2ccccc2)[C@H]2C=C[C@]1(OCc1ccccc1)c1cc(OCc3ccccc3)c(OCc3ccccc3)cc12. The number of ether oxygens (including phenoxy) is 3. The number of benzene rings is 5. The van der Waals surface area contributed by atoms with Crippen molar-refractivity contribution in [1.29, 1.82) is 0 Å². The molecule has 5 aromatic carbocycles. The van der Waals surface area contributed by atoms with E-state index in [0.29, 0.717) is 31.3 Å². The lowest BCUT2D eigenvalue weighted by Crippen LogP contribution is -2.55. The van der Waals surface area contributed by atoms with Crippen LogP contribution in [0.25, 0.3) is 0 Å². The van der Waals surface area contributed by atoms with Crippen molar-refractivity contribution in [3.63, 3.8) is 0 Å². The van der Waals surface area contributed by atoms with Crippen molar-refractivity contribution < 1.29 is 19.0 Å². The van der Waals surface area contributed by atoms with E-state index in [0.717, 1.165) is 33.4 Å². The van der Waals surface area contributed by atoms with Crippen molar-refractivity contribution >= 4 is 5.91 Å². The number of carbonyl (C=O) groups is 1. The van der Waals surface area contributed by atoms with Crippen LogP contribution < -0.4 is 9.47 Å². The molecule has 5 heteroatoms. The highest BCUT2D eigenvalue weighted by molar-refractivity contribution is 5.94. The number of hydrogen-bond donors (Lipinski definition) is 0. The average molecular weight is 580 g/mol. The van der Waals surface area contributed by atoms with Crippen LogP contribution in [0, 0.1) is 0 Å². The van der Waals surface area contributed by atoms with Crippen LogP contribution in [-0.2, 0) is 41.5 Å². The number of hydrogen-bond acceptors (Lipinski definition) is 4. The number of nitrogens with zero attached hydrogens (tertiary/aromatic N) is 1. The Labute approximate surface area is 258 Å². The third-order valence-corrected chi connectivity index (χ3v) is 8.24. The van der Waals surface area contributed by atoms with Gasteiger partial charge in [0.1, 0.15) is 13.2 Å². The van der Waals surface area contributed by atoms with Crippen LogP contribution in [0.4, 0.5) is 0 Å². The fourth-order valence-electron chi connectivity index (χ4n) is 5.97. The third kappa shape index (κ3) is 5.50. The van der Waals surface area contributed by atoms with Gasteiger partial charge in [0, 0.05) is 12.1 Å². The highest BCUT2D eigenvalue weighted by Gasteiger charge is 2.53. The lowest BCUT2D eigenvalue weighted by atomic mass is 9.75. The minimum absolute atomic E-state index is 0.0794. The van der Waals surface area contributed by atoms with Gasteiger partial charge >= 0.3 is 0 Å². The minimum atomic E-state index is -1.29. The van der Waals surface area contributed by atoms with Crippen molar-refractivity contribution in [3.05, 3.63) is 179 Å². The number of fused-ring (bicyclic) bond motifs is 1. The molecule has 1 aliphatic carbocycles. The number of carbonyl (C=O) groups excluding carboxylic acids is 1. The Morgan fingerprint density at radius 2 is 1.07 bits per heavy atom. The van der Waals surface area contributed by atoms with Crippen LogP contribution in [-0.4, -0.2) is 10.8 Å². The number of rotatable bonds is 11. The molecule has 0 unspecified atom stereocenters. The summed E-state index contributed by atoms with van der Waals surface area (Å²) in [5.41, 5.74) is 4.64. The van der Waals surface area contributed by atoms with Crippen molar-refractivity contribution in [1.82, 2.24) is 4.90 Å². The first-order valence-corrected chi connectivity index (χ1v) is 14.9. The Balaban J connectivity index is 1.30. The summed E-state index contributed by atoms with van der Waals surface area (Å²) < 4.78 is 19.5. The lowest BCUT2D eigenvalue weighted by molar-refractivity contribution is -0.163. The molecule has 1 amide bonds. The van der Waals surface area contributed by atoms with E-state index in [1.165, 1.54) is 0 Å². The van der Waals surface area contributed by atoms with Crippen LogP contribution >= 0.6 is 0 Å². The summed E-state index contributed by atoms with van der Waals surface area (Å²) in [7, 11) is 0. The summed E-state index contributed by atoms with van der Waals surface area (Å²) in [5, 5.41) is 0. The normalized spacial score (nSPS) is 18.2. The molecule has 5 nitrogen and oxygen atoms in total. The third-order valence-electron chi connectivity index (χ3n) is 8.24. The molecular formula is C39H33NO4. The molecule has 0 spiro atoms. The quantitative estimate of drug-likeness (QED) is 0.149. The maximum atomic E-state index is 14.5. The molecule has 44 heavy (non-hydrogen) atoms. The first-order valence-electron chi connectivity index (χ1n) is 14.9. The molecule has 5 aromatic rings. The lowest BCUT2D eigenvalue weighted by Gasteiger charge is -2.49. The minimum Gasteiger partial charge on any atom is -0.485 e. The molecule has 2 aliphatic heterocycles. The highest BCUT2D eigenvalue weighted by atomic mass is 16.5. The van der Waals surface area contributed by atoms with E-state index in [1.807, 2.05) is 144 Å². The number of amides is 1. The van der Waals surface area contributed by atoms with E-state index in [-0.39, 0.29) is 18.6 Å². The van der Waals surface area contributed by atoms with Crippen LogP contribution in [0.3, 0.4) is 0 Å². The van der Waals surface area contributed by atoms with Gasteiger partial charge in [0.25, 0.3) is 5.91 Å². The molecule has 0 radical (unpaired) electrons. The molecule has 2 bridgehead atoms. The zero-order valence-corrected chi connectivity index (χ0v) is 24.3. The van der Waals surface area contributed by atoms with Crippen LogP contribution in [0.5, 0.6) is 11.5 Å². The van der Waals surface area contributed by atoms with E-state index in [2.05, 4.69) is 6.08 Å². The maximum absolute atomic E-state index is 14.5.